The molecule has 0 aromatic rings. The van der Waals surface area contributed by atoms with Gasteiger partial charge in [-0.15, -0.1) is 0 Å². The highest BCUT2D eigenvalue weighted by atomic mass is 16.6. The van der Waals surface area contributed by atoms with Gasteiger partial charge in [0.25, 0.3) is 0 Å². The summed E-state index contributed by atoms with van der Waals surface area (Å²) in [6.07, 6.45) is 3.82. The molecule has 0 bridgehead atoms. The zero-order chi connectivity index (χ0) is 15.6. The van der Waals surface area contributed by atoms with E-state index in [2.05, 4.69) is 6.92 Å². The summed E-state index contributed by atoms with van der Waals surface area (Å²) in [7, 11) is 0. The second-order valence-electron chi connectivity index (χ2n) is 7.36. The molecule has 2 heterocycles. The number of esters is 1. The second-order valence-corrected chi connectivity index (χ2v) is 7.36. The number of nitrogens with zero attached hydrogens (tertiary/aromatic N) is 2. The quantitative estimate of drug-likeness (QED) is 0.699. The minimum absolute atomic E-state index is 0.00918. The van der Waals surface area contributed by atoms with Gasteiger partial charge < -0.3 is 14.5 Å². The minimum Gasteiger partial charge on any atom is -0.458 e. The van der Waals surface area contributed by atoms with Crippen molar-refractivity contribution in [3.63, 3.8) is 0 Å². The molecule has 2 aliphatic rings. The van der Waals surface area contributed by atoms with Crippen LogP contribution in [0, 0.1) is 5.92 Å². The van der Waals surface area contributed by atoms with E-state index in [-0.39, 0.29) is 12.0 Å². The van der Waals surface area contributed by atoms with Crippen molar-refractivity contribution >= 4 is 12.0 Å². The Balaban J connectivity index is 2.00. The largest absolute Gasteiger partial charge is 0.458 e. The van der Waals surface area contributed by atoms with E-state index >= 15 is 0 Å². The molecular formula is C16H28N2O3. The SMILES string of the molecule is CC1CCCN(C(=O)N2CCC[C@H]2C(=O)OC(C)(C)C)C1. The van der Waals surface area contributed by atoms with Gasteiger partial charge in [-0.1, -0.05) is 6.92 Å². The number of hydrogen-bond acceptors (Lipinski definition) is 3. The van der Waals surface area contributed by atoms with Gasteiger partial charge in [-0.3, -0.25) is 0 Å². The number of rotatable bonds is 1. The Kier molecular flexibility index (Phi) is 4.79. The van der Waals surface area contributed by atoms with Gasteiger partial charge in [0, 0.05) is 19.6 Å². The van der Waals surface area contributed by atoms with Crippen LogP contribution in [0.5, 0.6) is 0 Å². The minimum atomic E-state index is -0.506. The first kappa shape index (κ1) is 16.1. The molecule has 0 aromatic carbocycles. The Hall–Kier alpha value is -1.26. The van der Waals surface area contributed by atoms with Gasteiger partial charge in [-0.25, -0.2) is 9.59 Å². The van der Waals surface area contributed by atoms with Crippen LogP contribution < -0.4 is 0 Å². The van der Waals surface area contributed by atoms with Crippen LogP contribution in [-0.2, 0) is 9.53 Å². The summed E-state index contributed by atoms with van der Waals surface area (Å²) in [5.41, 5.74) is -0.506. The standard InChI is InChI=1S/C16H28N2O3/c1-12-7-5-9-17(11-12)15(20)18-10-6-8-13(18)14(19)21-16(2,3)4/h12-13H,5-11H2,1-4H3/t12?,13-/m0/s1. The van der Waals surface area contributed by atoms with E-state index in [1.807, 2.05) is 25.7 Å². The summed E-state index contributed by atoms with van der Waals surface area (Å²) < 4.78 is 5.46. The van der Waals surface area contributed by atoms with Gasteiger partial charge in [-0.05, 0) is 52.4 Å². The van der Waals surface area contributed by atoms with Gasteiger partial charge in [-0.2, -0.15) is 0 Å². The lowest BCUT2D eigenvalue weighted by molar-refractivity contribution is -0.159. The van der Waals surface area contributed by atoms with E-state index in [9.17, 15) is 9.59 Å². The van der Waals surface area contributed by atoms with Crippen LogP contribution in [0.2, 0.25) is 0 Å². The third-order valence-electron chi connectivity index (χ3n) is 4.10. The lowest BCUT2D eigenvalue weighted by Gasteiger charge is -2.36. The molecule has 2 fully saturated rings. The van der Waals surface area contributed by atoms with Crippen molar-refractivity contribution in [3.8, 4) is 0 Å². The average molecular weight is 296 g/mol. The lowest BCUT2D eigenvalue weighted by atomic mass is 10.0. The zero-order valence-corrected chi connectivity index (χ0v) is 13.7. The molecule has 5 nitrogen and oxygen atoms in total. The second kappa shape index (κ2) is 6.24. The molecule has 2 aliphatic heterocycles. The van der Waals surface area contributed by atoms with Crippen LogP contribution in [0.1, 0.15) is 53.4 Å². The van der Waals surface area contributed by atoms with Gasteiger partial charge in [0.05, 0.1) is 0 Å². The van der Waals surface area contributed by atoms with Crippen molar-refractivity contribution < 1.29 is 14.3 Å². The summed E-state index contributed by atoms with van der Waals surface area (Å²) in [6, 6.07) is -0.399. The first-order valence-corrected chi connectivity index (χ1v) is 8.06. The Morgan fingerprint density at radius 1 is 1.10 bits per heavy atom. The Labute approximate surface area is 127 Å². The third-order valence-corrected chi connectivity index (χ3v) is 4.10. The molecule has 0 saturated carbocycles. The maximum atomic E-state index is 12.7. The number of carbonyl (C=O) groups is 2. The van der Waals surface area contributed by atoms with E-state index in [1.54, 1.807) is 4.90 Å². The smallest absolute Gasteiger partial charge is 0.329 e. The van der Waals surface area contributed by atoms with Crippen LogP contribution >= 0.6 is 0 Å². The first-order chi connectivity index (χ1) is 9.78. The number of carbonyl (C=O) groups excluding carboxylic acids is 2. The fourth-order valence-corrected chi connectivity index (χ4v) is 3.16. The average Bonchev–Trinajstić information content (AvgIpc) is 2.85. The van der Waals surface area contributed by atoms with E-state index in [4.69, 9.17) is 4.74 Å². The van der Waals surface area contributed by atoms with Crippen molar-refractivity contribution in [2.45, 2.75) is 65.0 Å². The van der Waals surface area contributed by atoms with Crippen LogP contribution in [0.25, 0.3) is 0 Å². The van der Waals surface area contributed by atoms with Gasteiger partial charge in [0.15, 0.2) is 0 Å². The van der Waals surface area contributed by atoms with Crippen molar-refractivity contribution in [3.05, 3.63) is 0 Å². The number of urea groups is 1. The van der Waals surface area contributed by atoms with Crippen molar-refractivity contribution in [1.82, 2.24) is 9.80 Å². The summed E-state index contributed by atoms with van der Waals surface area (Å²) in [5.74, 6) is 0.281. The number of hydrogen-bond donors (Lipinski definition) is 0. The molecule has 5 heteroatoms. The molecule has 2 atom stereocenters. The molecule has 1 unspecified atom stereocenters. The van der Waals surface area contributed by atoms with E-state index < -0.39 is 11.6 Å². The van der Waals surface area contributed by atoms with Gasteiger partial charge in [0.1, 0.15) is 11.6 Å². The molecule has 120 valence electrons. The van der Waals surface area contributed by atoms with E-state index in [1.165, 1.54) is 6.42 Å². The number of amides is 2. The molecule has 0 N–H and O–H groups in total. The first-order valence-electron chi connectivity index (χ1n) is 8.06. The molecule has 0 aromatic heterocycles. The predicted molar refractivity (Wildman–Crippen MR) is 80.9 cm³/mol. The third kappa shape index (κ3) is 4.11. The monoisotopic (exact) mass is 296 g/mol. The molecule has 2 amide bonds. The normalized spacial score (nSPS) is 26.9. The predicted octanol–water partition coefficient (Wildman–Crippen LogP) is 2.64. The van der Waals surface area contributed by atoms with Crippen molar-refractivity contribution in [1.29, 1.82) is 0 Å². The van der Waals surface area contributed by atoms with E-state index in [0.717, 1.165) is 25.9 Å². The van der Waals surface area contributed by atoms with Crippen LogP contribution in [-0.4, -0.2) is 53.1 Å². The number of ether oxygens (including phenoxy) is 1. The Morgan fingerprint density at radius 3 is 2.38 bits per heavy atom. The maximum absolute atomic E-state index is 12.7. The fraction of sp³-hybridized carbons (Fsp3) is 0.875. The highest BCUT2D eigenvalue weighted by Gasteiger charge is 2.39. The summed E-state index contributed by atoms with van der Waals surface area (Å²) >= 11 is 0. The molecule has 0 spiro atoms. The van der Waals surface area contributed by atoms with Crippen molar-refractivity contribution in [2.75, 3.05) is 19.6 Å². The molecule has 2 rings (SSSR count). The lowest BCUT2D eigenvalue weighted by Crippen LogP contribution is -2.51. The van der Waals surface area contributed by atoms with Crippen molar-refractivity contribution in [2.24, 2.45) is 5.92 Å². The summed E-state index contributed by atoms with van der Waals surface area (Å²) in [5, 5.41) is 0. The maximum Gasteiger partial charge on any atom is 0.329 e. The molecule has 0 aliphatic carbocycles. The van der Waals surface area contributed by atoms with Crippen LogP contribution in [0.3, 0.4) is 0 Å². The number of piperidine rings is 1. The van der Waals surface area contributed by atoms with Crippen LogP contribution in [0.4, 0.5) is 4.79 Å². The zero-order valence-electron chi connectivity index (χ0n) is 13.7. The number of likely N-dealkylation sites (tertiary alicyclic amines) is 2. The van der Waals surface area contributed by atoms with Crippen LogP contribution in [0.15, 0.2) is 0 Å². The molecule has 21 heavy (non-hydrogen) atoms. The molecular weight excluding hydrogens is 268 g/mol. The topological polar surface area (TPSA) is 49.9 Å². The highest BCUT2D eigenvalue weighted by Crippen LogP contribution is 2.24. The highest BCUT2D eigenvalue weighted by molar-refractivity contribution is 5.84. The molecule has 0 radical (unpaired) electrons. The van der Waals surface area contributed by atoms with Gasteiger partial charge in [0.2, 0.25) is 0 Å². The Morgan fingerprint density at radius 2 is 1.76 bits per heavy atom. The Bertz CT molecular complexity index is 403. The summed E-state index contributed by atoms with van der Waals surface area (Å²) in [6.45, 7) is 10.0. The van der Waals surface area contributed by atoms with E-state index in [0.29, 0.717) is 18.9 Å². The van der Waals surface area contributed by atoms with Gasteiger partial charge >= 0.3 is 12.0 Å². The summed E-state index contributed by atoms with van der Waals surface area (Å²) in [4.78, 5) is 28.6. The fourth-order valence-electron chi connectivity index (χ4n) is 3.16. The molecule has 2 saturated heterocycles.